The predicted molar refractivity (Wildman–Crippen MR) is 72.7 cm³/mol. The summed E-state index contributed by atoms with van der Waals surface area (Å²) in [6.45, 7) is 0. The molecule has 0 bridgehead atoms. The van der Waals surface area contributed by atoms with E-state index in [1.165, 1.54) is 12.5 Å². The molecule has 1 aliphatic heterocycles. The van der Waals surface area contributed by atoms with Crippen molar-refractivity contribution >= 4 is 21.4 Å². The fourth-order valence-corrected chi connectivity index (χ4v) is 3.35. The summed E-state index contributed by atoms with van der Waals surface area (Å²) in [5.41, 5.74) is 0.583. The largest absolute Gasteiger partial charge is 0.495 e. The second-order valence-corrected chi connectivity index (χ2v) is 6.30. The predicted octanol–water partition coefficient (Wildman–Crippen LogP) is 1.58. The maximum absolute atomic E-state index is 11.9. The molecule has 19 heavy (non-hydrogen) atoms. The van der Waals surface area contributed by atoms with Crippen molar-refractivity contribution in [2.45, 2.75) is 6.42 Å². The number of rotatable bonds is 4. The van der Waals surface area contributed by atoms with Crippen LogP contribution in [0.5, 0.6) is 5.75 Å². The number of allylic oxidation sites excluding steroid dienone is 1. The van der Waals surface area contributed by atoms with Gasteiger partial charge in [0, 0.05) is 17.7 Å². The molecule has 0 aliphatic carbocycles. The molecule has 0 radical (unpaired) electrons. The van der Waals surface area contributed by atoms with Gasteiger partial charge in [0.25, 0.3) is 0 Å². The zero-order valence-electron chi connectivity index (χ0n) is 10.5. The van der Waals surface area contributed by atoms with Crippen molar-refractivity contribution < 1.29 is 17.9 Å². The van der Waals surface area contributed by atoms with Gasteiger partial charge in [-0.15, -0.1) is 0 Å². The highest BCUT2D eigenvalue weighted by atomic mass is 32.2. The fourth-order valence-electron chi connectivity index (χ4n) is 1.95. The number of nitrogens with one attached hydrogen (secondary N) is 1. The number of para-hydroxylation sites is 2. The third-order valence-corrected chi connectivity index (χ3v) is 4.30. The highest BCUT2D eigenvalue weighted by Crippen LogP contribution is 2.24. The van der Waals surface area contributed by atoms with Crippen LogP contribution in [0.25, 0.3) is 0 Å². The van der Waals surface area contributed by atoms with Gasteiger partial charge in [0.1, 0.15) is 5.75 Å². The molecule has 1 atom stereocenters. The lowest BCUT2D eigenvalue weighted by Crippen LogP contribution is -2.18. The molecule has 102 valence electrons. The Balaban J connectivity index is 1.97. The van der Waals surface area contributed by atoms with Crippen molar-refractivity contribution in [2.75, 3.05) is 18.2 Å². The van der Waals surface area contributed by atoms with Gasteiger partial charge in [-0.25, -0.2) is 8.42 Å². The number of hydrogen-bond acceptors (Lipinski definition) is 4. The Labute approximate surface area is 112 Å². The van der Waals surface area contributed by atoms with Crippen LogP contribution >= 0.6 is 0 Å². The van der Waals surface area contributed by atoms with Crippen molar-refractivity contribution in [3.63, 3.8) is 0 Å². The molecule has 0 aromatic heterocycles. The molecule has 1 amide bonds. The minimum absolute atomic E-state index is 0.00629. The van der Waals surface area contributed by atoms with Crippen molar-refractivity contribution in [3.8, 4) is 5.75 Å². The van der Waals surface area contributed by atoms with E-state index < -0.39 is 9.84 Å². The Hall–Kier alpha value is -1.82. The second-order valence-electron chi connectivity index (χ2n) is 4.37. The molecule has 0 saturated heterocycles. The Kier molecular flexibility index (Phi) is 3.90. The monoisotopic (exact) mass is 281 g/mol. The highest BCUT2D eigenvalue weighted by molar-refractivity contribution is 7.94. The average Bonchev–Trinajstić information content (AvgIpc) is 2.69. The summed E-state index contributed by atoms with van der Waals surface area (Å²) in [6, 6.07) is 7.08. The molecular formula is C13H15NO4S. The Bertz CT molecular complexity index is 607. The highest BCUT2D eigenvalue weighted by Gasteiger charge is 2.24. The standard InChI is InChI=1S/C13H15NO4S/c1-18-12-5-3-2-4-11(12)14-13(15)8-10-6-7-19(16,17)9-10/h2-7,10H,8-9H2,1H3,(H,14,15)/t10-/m0/s1. The number of benzene rings is 1. The average molecular weight is 281 g/mol. The SMILES string of the molecule is COc1ccccc1NC(=O)C[C@@H]1C=CS(=O)(=O)C1. The maximum Gasteiger partial charge on any atom is 0.225 e. The summed E-state index contributed by atoms with van der Waals surface area (Å²) in [7, 11) is -1.59. The van der Waals surface area contributed by atoms with Gasteiger partial charge in [0.2, 0.25) is 5.91 Å². The van der Waals surface area contributed by atoms with E-state index >= 15 is 0 Å². The summed E-state index contributed by atoms with van der Waals surface area (Å²) in [6.07, 6.45) is 1.71. The third-order valence-electron chi connectivity index (χ3n) is 2.83. The van der Waals surface area contributed by atoms with E-state index in [-0.39, 0.29) is 24.0 Å². The minimum atomic E-state index is -3.11. The van der Waals surface area contributed by atoms with Crippen LogP contribution in [0.2, 0.25) is 0 Å². The molecule has 5 nitrogen and oxygen atoms in total. The summed E-state index contributed by atoms with van der Waals surface area (Å²) in [5, 5.41) is 3.90. The first kappa shape index (κ1) is 13.6. The van der Waals surface area contributed by atoms with Crippen LogP contribution < -0.4 is 10.1 Å². The number of anilines is 1. The Morgan fingerprint density at radius 3 is 2.79 bits per heavy atom. The molecule has 0 fully saturated rings. The Morgan fingerprint density at radius 1 is 1.42 bits per heavy atom. The third kappa shape index (κ3) is 3.57. The van der Waals surface area contributed by atoms with E-state index in [4.69, 9.17) is 4.74 Å². The molecule has 6 heteroatoms. The number of methoxy groups -OCH3 is 1. The van der Waals surface area contributed by atoms with Crippen LogP contribution in [-0.4, -0.2) is 27.2 Å². The van der Waals surface area contributed by atoms with Crippen molar-refractivity contribution in [1.82, 2.24) is 0 Å². The van der Waals surface area contributed by atoms with E-state index in [0.717, 1.165) is 0 Å². The van der Waals surface area contributed by atoms with Gasteiger partial charge in [-0.05, 0) is 12.1 Å². The molecule has 1 aromatic carbocycles. The zero-order valence-corrected chi connectivity index (χ0v) is 11.3. The lowest BCUT2D eigenvalue weighted by molar-refractivity contribution is -0.116. The fraction of sp³-hybridized carbons (Fsp3) is 0.308. The van der Waals surface area contributed by atoms with Gasteiger partial charge in [0.05, 0.1) is 18.6 Å². The summed E-state index contributed by atoms with van der Waals surface area (Å²) < 4.78 is 27.6. The van der Waals surface area contributed by atoms with Gasteiger partial charge in [0.15, 0.2) is 9.84 Å². The van der Waals surface area contributed by atoms with E-state index in [0.29, 0.717) is 11.4 Å². The number of amides is 1. The van der Waals surface area contributed by atoms with E-state index in [1.54, 1.807) is 30.3 Å². The first-order chi connectivity index (χ1) is 9.00. The molecule has 0 saturated carbocycles. The number of hydrogen-bond donors (Lipinski definition) is 1. The van der Waals surface area contributed by atoms with Gasteiger partial charge >= 0.3 is 0 Å². The molecule has 0 spiro atoms. The van der Waals surface area contributed by atoms with Crippen LogP contribution in [0.15, 0.2) is 35.7 Å². The van der Waals surface area contributed by atoms with Gasteiger partial charge in [-0.2, -0.15) is 0 Å². The maximum atomic E-state index is 11.9. The summed E-state index contributed by atoms with van der Waals surface area (Å²) in [5.74, 6) is 0.105. The lowest BCUT2D eigenvalue weighted by Gasteiger charge is -2.11. The van der Waals surface area contributed by atoms with Gasteiger partial charge < -0.3 is 10.1 Å². The minimum Gasteiger partial charge on any atom is -0.495 e. The molecule has 1 aliphatic rings. The quantitative estimate of drug-likeness (QED) is 0.909. The van der Waals surface area contributed by atoms with Gasteiger partial charge in [-0.1, -0.05) is 18.2 Å². The molecule has 2 rings (SSSR count). The summed E-state index contributed by atoms with van der Waals surface area (Å²) >= 11 is 0. The number of ether oxygens (including phenoxy) is 1. The van der Waals surface area contributed by atoms with Crippen molar-refractivity contribution in [3.05, 3.63) is 35.7 Å². The number of carbonyl (C=O) groups is 1. The second kappa shape index (κ2) is 5.44. The smallest absolute Gasteiger partial charge is 0.225 e. The van der Waals surface area contributed by atoms with E-state index in [2.05, 4.69) is 5.32 Å². The van der Waals surface area contributed by atoms with Gasteiger partial charge in [-0.3, -0.25) is 4.79 Å². The number of sulfone groups is 1. The van der Waals surface area contributed by atoms with Crippen LogP contribution in [0, 0.1) is 5.92 Å². The molecule has 1 aromatic rings. The molecule has 0 unspecified atom stereocenters. The van der Waals surface area contributed by atoms with E-state index in [1.807, 2.05) is 0 Å². The van der Waals surface area contributed by atoms with Crippen LogP contribution in [0.3, 0.4) is 0 Å². The molecular weight excluding hydrogens is 266 g/mol. The first-order valence-corrected chi connectivity index (χ1v) is 7.55. The number of carbonyl (C=O) groups excluding carboxylic acids is 1. The Morgan fingerprint density at radius 2 is 2.16 bits per heavy atom. The zero-order chi connectivity index (χ0) is 13.9. The van der Waals surface area contributed by atoms with Crippen molar-refractivity contribution in [2.24, 2.45) is 5.92 Å². The topological polar surface area (TPSA) is 72.5 Å². The summed E-state index contributed by atoms with van der Waals surface area (Å²) in [4.78, 5) is 11.9. The normalized spacial score (nSPS) is 20.2. The first-order valence-electron chi connectivity index (χ1n) is 5.84. The van der Waals surface area contributed by atoms with Crippen molar-refractivity contribution in [1.29, 1.82) is 0 Å². The lowest BCUT2D eigenvalue weighted by atomic mass is 10.1. The molecule has 1 heterocycles. The van der Waals surface area contributed by atoms with Crippen LogP contribution in [0.1, 0.15) is 6.42 Å². The van der Waals surface area contributed by atoms with Crippen LogP contribution in [0.4, 0.5) is 5.69 Å². The van der Waals surface area contributed by atoms with Crippen LogP contribution in [-0.2, 0) is 14.6 Å². The van der Waals surface area contributed by atoms with E-state index in [9.17, 15) is 13.2 Å². The molecule has 1 N–H and O–H groups in total.